The van der Waals surface area contributed by atoms with E-state index in [9.17, 15) is 13.2 Å². The van der Waals surface area contributed by atoms with Crippen LogP contribution in [0.4, 0.5) is 13.2 Å². The van der Waals surface area contributed by atoms with Crippen molar-refractivity contribution >= 4 is 0 Å². The van der Waals surface area contributed by atoms with Gasteiger partial charge in [0.15, 0.2) is 0 Å². The van der Waals surface area contributed by atoms with Gasteiger partial charge in [0.1, 0.15) is 0 Å². The van der Waals surface area contributed by atoms with Crippen molar-refractivity contribution in [2.75, 3.05) is 32.7 Å². The maximum atomic E-state index is 12.3. The molecule has 1 aliphatic carbocycles. The Morgan fingerprint density at radius 2 is 1.78 bits per heavy atom. The standard InChI is InChI=1S/C12H18F3N3/c13-12(14,15)9-17-4-6-18(7-5-17)11-3-1-2-10(11)8-16/h10-11H,1-7,9H2. The molecule has 0 amide bonds. The van der Waals surface area contributed by atoms with Crippen molar-refractivity contribution < 1.29 is 13.2 Å². The molecule has 1 saturated heterocycles. The van der Waals surface area contributed by atoms with Gasteiger partial charge in [0.05, 0.1) is 18.5 Å². The summed E-state index contributed by atoms with van der Waals surface area (Å²) in [6.07, 6.45) is -1.10. The fourth-order valence-electron chi connectivity index (χ4n) is 3.03. The molecule has 2 rings (SSSR count). The van der Waals surface area contributed by atoms with Crippen LogP contribution in [0.25, 0.3) is 0 Å². The smallest absolute Gasteiger partial charge is 0.297 e. The Morgan fingerprint density at radius 1 is 1.11 bits per heavy atom. The van der Waals surface area contributed by atoms with Crippen LogP contribution >= 0.6 is 0 Å². The van der Waals surface area contributed by atoms with Crippen LogP contribution in [-0.2, 0) is 0 Å². The zero-order chi connectivity index (χ0) is 13.2. The Kier molecular flexibility index (Phi) is 4.13. The van der Waals surface area contributed by atoms with Crippen molar-refractivity contribution in [1.82, 2.24) is 9.80 Å². The van der Waals surface area contributed by atoms with E-state index in [1.54, 1.807) is 0 Å². The lowest BCUT2D eigenvalue weighted by Crippen LogP contribution is -2.52. The molecule has 2 fully saturated rings. The third kappa shape index (κ3) is 3.36. The van der Waals surface area contributed by atoms with Crippen LogP contribution in [0.5, 0.6) is 0 Å². The summed E-state index contributed by atoms with van der Waals surface area (Å²) < 4.78 is 36.8. The number of hydrogen-bond acceptors (Lipinski definition) is 3. The van der Waals surface area contributed by atoms with Crippen LogP contribution in [-0.4, -0.2) is 54.7 Å². The lowest BCUT2D eigenvalue weighted by atomic mass is 10.0. The third-order valence-electron chi connectivity index (χ3n) is 3.92. The molecule has 6 heteroatoms. The van der Waals surface area contributed by atoms with E-state index < -0.39 is 12.7 Å². The highest BCUT2D eigenvalue weighted by Crippen LogP contribution is 2.30. The normalized spacial score (nSPS) is 31.4. The van der Waals surface area contributed by atoms with Crippen molar-refractivity contribution in [2.24, 2.45) is 5.92 Å². The summed E-state index contributed by atoms with van der Waals surface area (Å²) in [5, 5.41) is 9.04. The number of hydrogen-bond donors (Lipinski definition) is 0. The Labute approximate surface area is 105 Å². The van der Waals surface area contributed by atoms with Gasteiger partial charge in [0.2, 0.25) is 0 Å². The molecule has 2 aliphatic rings. The molecule has 0 aromatic carbocycles. The summed E-state index contributed by atoms with van der Waals surface area (Å²) in [6.45, 7) is 1.40. The van der Waals surface area contributed by atoms with E-state index in [1.807, 2.05) is 0 Å². The van der Waals surface area contributed by atoms with Crippen molar-refractivity contribution in [3.63, 3.8) is 0 Å². The molecule has 0 aromatic heterocycles. The Morgan fingerprint density at radius 3 is 2.33 bits per heavy atom. The first-order chi connectivity index (χ1) is 8.49. The van der Waals surface area contributed by atoms with Gasteiger partial charge in [-0.1, -0.05) is 6.42 Å². The van der Waals surface area contributed by atoms with E-state index in [-0.39, 0.29) is 12.0 Å². The number of alkyl halides is 3. The first-order valence-corrected chi connectivity index (χ1v) is 6.42. The fraction of sp³-hybridized carbons (Fsp3) is 0.917. The predicted molar refractivity (Wildman–Crippen MR) is 60.8 cm³/mol. The van der Waals surface area contributed by atoms with Crippen molar-refractivity contribution in [3.05, 3.63) is 0 Å². The quantitative estimate of drug-likeness (QED) is 0.760. The Bertz CT molecular complexity index is 316. The molecule has 0 aromatic rings. The molecule has 0 N–H and O–H groups in total. The molecule has 1 aliphatic heterocycles. The average Bonchev–Trinajstić information content (AvgIpc) is 2.76. The van der Waals surface area contributed by atoms with Gasteiger partial charge < -0.3 is 0 Å². The largest absolute Gasteiger partial charge is 0.401 e. The summed E-state index contributed by atoms with van der Waals surface area (Å²) >= 11 is 0. The molecule has 2 atom stereocenters. The minimum Gasteiger partial charge on any atom is -0.297 e. The van der Waals surface area contributed by atoms with E-state index in [0.717, 1.165) is 19.3 Å². The van der Waals surface area contributed by atoms with Crippen LogP contribution in [0, 0.1) is 17.2 Å². The first kappa shape index (κ1) is 13.6. The summed E-state index contributed by atoms with van der Waals surface area (Å²) in [5.74, 6) is 0.0687. The number of piperazine rings is 1. The highest BCUT2D eigenvalue weighted by atomic mass is 19.4. The molecule has 102 valence electrons. The first-order valence-electron chi connectivity index (χ1n) is 6.42. The van der Waals surface area contributed by atoms with Gasteiger partial charge in [-0.15, -0.1) is 0 Å². The Hall–Kier alpha value is -0.800. The van der Waals surface area contributed by atoms with Crippen LogP contribution in [0.2, 0.25) is 0 Å². The molecule has 3 nitrogen and oxygen atoms in total. The SMILES string of the molecule is N#CC1CCCC1N1CCN(CC(F)(F)F)CC1. The fourth-order valence-corrected chi connectivity index (χ4v) is 3.03. The van der Waals surface area contributed by atoms with Crippen molar-refractivity contribution in [2.45, 2.75) is 31.5 Å². The van der Waals surface area contributed by atoms with E-state index in [2.05, 4.69) is 11.0 Å². The maximum Gasteiger partial charge on any atom is 0.401 e. The predicted octanol–water partition coefficient (Wildman–Crippen LogP) is 1.86. The monoisotopic (exact) mass is 261 g/mol. The topological polar surface area (TPSA) is 30.3 Å². The van der Waals surface area contributed by atoms with E-state index >= 15 is 0 Å². The summed E-state index contributed by atoms with van der Waals surface area (Å²) in [7, 11) is 0. The van der Waals surface area contributed by atoms with Gasteiger partial charge in [-0.3, -0.25) is 9.80 Å². The minimum atomic E-state index is -4.11. The van der Waals surface area contributed by atoms with E-state index in [0.29, 0.717) is 26.2 Å². The lowest BCUT2D eigenvalue weighted by molar-refractivity contribution is -0.150. The van der Waals surface area contributed by atoms with Gasteiger partial charge in [-0.05, 0) is 12.8 Å². The zero-order valence-corrected chi connectivity index (χ0v) is 10.3. The van der Waals surface area contributed by atoms with Gasteiger partial charge in [0, 0.05) is 32.2 Å². The number of nitrogens with zero attached hydrogens (tertiary/aromatic N) is 3. The van der Waals surface area contributed by atoms with Crippen LogP contribution in [0.15, 0.2) is 0 Å². The van der Waals surface area contributed by atoms with Gasteiger partial charge in [0.25, 0.3) is 0 Å². The minimum absolute atomic E-state index is 0.0687. The number of nitriles is 1. The van der Waals surface area contributed by atoms with Gasteiger partial charge in [-0.25, -0.2) is 0 Å². The molecule has 0 spiro atoms. The summed E-state index contributed by atoms with van der Waals surface area (Å²) in [6, 6.07) is 2.59. The van der Waals surface area contributed by atoms with Gasteiger partial charge in [-0.2, -0.15) is 18.4 Å². The molecule has 0 radical (unpaired) electrons. The molecular weight excluding hydrogens is 243 g/mol. The average molecular weight is 261 g/mol. The maximum absolute atomic E-state index is 12.3. The number of halogens is 3. The zero-order valence-electron chi connectivity index (χ0n) is 10.3. The molecule has 2 unspecified atom stereocenters. The van der Waals surface area contributed by atoms with Crippen LogP contribution in [0.3, 0.4) is 0 Å². The lowest BCUT2D eigenvalue weighted by Gasteiger charge is -2.39. The molecule has 18 heavy (non-hydrogen) atoms. The summed E-state index contributed by atoms with van der Waals surface area (Å²) in [5.41, 5.74) is 0. The third-order valence-corrected chi connectivity index (χ3v) is 3.92. The second-order valence-corrected chi connectivity index (χ2v) is 5.16. The molecule has 0 bridgehead atoms. The van der Waals surface area contributed by atoms with Crippen molar-refractivity contribution in [3.8, 4) is 6.07 Å². The van der Waals surface area contributed by atoms with Gasteiger partial charge >= 0.3 is 6.18 Å². The second kappa shape index (κ2) is 5.45. The number of rotatable bonds is 2. The second-order valence-electron chi connectivity index (χ2n) is 5.16. The van der Waals surface area contributed by atoms with E-state index in [1.165, 1.54) is 4.90 Å². The molecule has 1 saturated carbocycles. The van der Waals surface area contributed by atoms with E-state index in [4.69, 9.17) is 5.26 Å². The highest BCUT2D eigenvalue weighted by Gasteiger charge is 2.36. The molecular formula is C12H18F3N3. The molecule has 1 heterocycles. The van der Waals surface area contributed by atoms with Crippen LogP contribution in [0.1, 0.15) is 19.3 Å². The summed E-state index contributed by atoms with van der Waals surface area (Å²) in [4.78, 5) is 3.65. The highest BCUT2D eigenvalue weighted by molar-refractivity contribution is 4.98. The Balaban J connectivity index is 1.82. The van der Waals surface area contributed by atoms with Crippen LogP contribution < -0.4 is 0 Å². The van der Waals surface area contributed by atoms with Crippen molar-refractivity contribution in [1.29, 1.82) is 5.26 Å².